The molecule has 1 aromatic carbocycles. The molecule has 1 aliphatic heterocycles. The number of benzene rings is 1. The van der Waals surface area contributed by atoms with E-state index in [2.05, 4.69) is 22.8 Å². The number of anilines is 1. The van der Waals surface area contributed by atoms with E-state index in [1.165, 1.54) is 5.69 Å². The molecule has 54 valence electrons. The van der Waals surface area contributed by atoms with Crippen molar-refractivity contribution in [1.82, 2.24) is 0 Å². The summed E-state index contributed by atoms with van der Waals surface area (Å²) in [5.41, 5.74) is 4.28. The van der Waals surface area contributed by atoms with E-state index in [4.69, 9.17) is 0 Å². The van der Waals surface area contributed by atoms with Gasteiger partial charge < -0.3 is 4.90 Å². The van der Waals surface area contributed by atoms with Crippen molar-refractivity contribution in [2.75, 3.05) is 11.4 Å². The first-order valence-corrected chi connectivity index (χ1v) is 3.69. The maximum absolute atomic E-state index is 3.05. The highest BCUT2D eigenvalue weighted by Gasteiger charge is 2.01. The third-order valence-electron chi connectivity index (χ3n) is 1.72. The summed E-state index contributed by atoms with van der Waals surface area (Å²) in [7, 11) is 0. The fourth-order valence-corrected chi connectivity index (χ4v) is 1.15. The van der Waals surface area contributed by atoms with E-state index in [1.807, 2.05) is 30.5 Å². The van der Waals surface area contributed by atoms with Gasteiger partial charge in [-0.2, -0.15) is 0 Å². The van der Waals surface area contributed by atoms with E-state index >= 15 is 0 Å². The molecular weight excluding hydrogens is 134 g/mol. The van der Waals surface area contributed by atoms with Crippen molar-refractivity contribution in [3.8, 4) is 0 Å². The minimum Gasteiger partial charge on any atom is -0.337 e. The van der Waals surface area contributed by atoms with Crippen LogP contribution in [0.15, 0.2) is 48.3 Å². The summed E-state index contributed by atoms with van der Waals surface area (Å²) in [4.78, 5) is 2.15. The summed E-state index contributed by atoms with van der Waals surface area (Å²) >= 11 is 0. The third kappa shape index (κ3) is 1.19. The normalized spacial score (nSPS) is 14.4. The molecule has 0 atom stereocenters. The Bertz CT molecular complexity index is 294. The fourth-order valence-electron chi connectivity index (χ4n) is 1.15. The van der Waals surface area contributed by atoms with Crippen LogP contribution >= 0.6 is 0 Å². The molecule has 2 rings (SSSR count). The summed E-state index contributed by atoms with van der Waals surface area (Å²) in [6.45, 7) is 0.948. The Morgan fingerprint density at radius 3 is 2.64 bits per heavy atom. The second-order valence-corrected chi connectivity index (χ2v) is 2.49. The molecule has 1 aromatic rings. The second kappa shape index (κ2) is 2.65. The van der Waals surface area contributed by atoms with Crippen LogP contribution in [0.4, 0.5) is 5.69 Å². The van der Waals surface area contributed by atoms with Crippen molar-refractivity contribution in [3.63, 3.8) is 0 Å². The molecule has 1 aliphatic rings. The Balaban J connectivity index is 2.25. The minimum atomic E-state index is 0.948. The van der Waals surface area contributed by atoms with Gasteiger partial charge in [0.25, 0.3) is 0 Å². The van der Waals surface area contributed by atoms with Gasteiger partial charge in [0.05, 0.1) is 0 Å². The third-order valence-corrected chi connectivity index (χ3v) is 1.72. The first-order valence-electron chi connectivity index (χ1n) is 3.69. The van der Waals surface area contributed by atoms with E-state index in [-0.39, 0.29) is 0 Å². The second-order valence-electron chi connectivity index (χ2n) is 2.49. The summed E-state index contributed by atoms with van der Waals surface area (Å²) in [5, 5.41) is 0. The molecule has 0 unspecified atom stereocenters. The van der Waals surface area contributed by atoms with Gasteiger partial charge in [-0.25, -0.2) is 0 Å². The van der Waals surface area contributed by atoms with Crippen molar-refractivity contribution in [3.05, 3.63) is 48.3 Å². The lowest BCUT2D eigenvalue weighted by molar-refractivity contribution is 1.12. The predicted molar refractivity (Wildman–Crippen MR) is 46.4 cm³/mol. The van der Waals surface area contributed by atoms with Crippen LogP contribution in [0.5, 0.6) is 0 Å². The topological polar surface area (TPSA) is 3.24 Å². The van der Waals surface area contributed by atoms with E-state index in [0.717, 1.165) is 6.54 Å². The van der Waals surface area contributed by atoms with E-state index in [0.29, 0.717) is 0 Å². The molecule has 0 saturated heterocycles. The van der Waals surface area contributed by atoms with E-state index in [9.17, 15) is 0 Å². The molecule has 0 radical (unpaired) electrons. The Kier molecular flexibility index (Phi) is 1.51. The first-order chi connectivity index (χ1) is 5.47. The van der Waals surface area contributed by atoms with Crippen LogP contribution in [-0.2, 0) is 0 Å². The fraction of sp³-hybridized carbons (Fsp3) is 0.100. The molecule has 0 saturated carbocycles. The molecule has 0 bridgehead atoms. The van der Waals surface area contributed by atoms with Gasteiger partial charge >= 0.3 is 0 Å². The van der Waals surface area contributed by atoms with Crippen LogP contribution in [0.3, 0.4) is 0 Å². The largest absolute Gasteiger partial charge is 0.337 e. The van der Waals surface area contributed by atoms with Crippen molar-refractivity contribution in [2.45, 2.75) is 0 Å². The molecule has 0 N–H and O–H groups in total. The van der Waals surface area contributed by atoms with Gasteiger partial charge in [-0.05, 0) is 18.2 Å². The highest BCUT2D eigenvalue weighted by Crippen LogP contribution is 2.14. The van der Waals surface area contributed by atoms with Crippen molar-refractivity contribution < 1.29 is 0 Å². The lowest BCUT2D eigenvalue weighted by atomic mass is 10.3. The van der Waals surface area contributed by atoms with Crippen molar-refractivity contribution >= 4 is 5.69 Å². The molecule has 0 aromatic heterocycles. The molecule has 11 heavy (non-hydrogen) atoms. The zero-order valence-electron chi connectivity index (χ0n) is 6.20. The summed E-state index contributed by atoms with van der Waals surface area (Å²) in [6, 6.07) is 10.3. The molecule has 0 fully saturated rings. The highest BCUT2D eigenvalue weighted by atomic mass is 15.1. The van der Waals surface area contributed by atoms with Crippen LogP contribution in [0.1, 0.15) is 0 Å². The Morgan fingerprint density at radius 2 is 2.00 bits per heavy atom. The van der Waals surface area contributed by atoms with Gasteiger partial charge in [0.15, 0.2) is 0 Å². The quantitative estimate of drug-likeness (QED) is 0.544. The Morgan fingerprint density at radius 1 is 1.18 bits per heavy atom. The molecule has 0 spiro atoms. The number of hydrogen-bond donors (Lipinski definition) is 0. The molecule has 1 heterocycles. The van der Waals surface area contributed by atoms with Crippen molar-refractivity contribution in [1.29, 1.82) is 0 Å². The summed E-state index contributed by atoms with van der Waals surface area (Å²) in [5.74, 6) is 0. The number of rotatable bonds is 1. The van der Waals surface area contributed by atoms with Gasteiger partial charge in [0.2, 0.25) is 0 Å². The zero-order valence-corrected chi connectivity index (χ0v) is 6.20. The van der Waals surface area contributed by atoms with Crippen LogP contribution < -0.4 is 4.90 Å². The lowest BCUT2D eigenvalue weighted by Gasteiger charge is -2.13. The Labute approximate surface area is 66.3 Å². The number of para-hydroxylation sites is 1. The molecule has 0 aliphatic carbocycles. The summed E-state index contributed by atoms with van der Waals surface area (Å²) in [6.07, 6.45) is 3.99. The molecule has 0 amide bonds. The summed E-state index contributed by atoms with van der Waals surface area (Å²) < 4.78 is 0. The van der Waals surface area contributed by atoms with Gasteiger partial charge in [0.1, 0.15) is 0 Å². The average Bonchev–Trinajstić information content (AvgIpc) is 2.58. The van der Waals surface area contributed by atoms with Gasteiger partial charge in [-0.3, -0.25) is 0 Å². The molecule has 1 nitrogen and oxygen atoms in total. The van der Waals surface area contributed by atoms with Crippen LogP contribution in [0.25, 0.3) is 0 Å². The molecule has 1 heteroatoms. The minimum absolute atomic E-state index is 0.948. The molecular formula is C10H9N. The van der Waals surface area contributed by atoms with Crippen LogP contribution in [0.2, 0.25) is 0 Å². The first kappa shape index (κ1) is 6.26. The van der Waals surface area contributed by atoms with E-state index < -0.39 is 0 Å². The smallest absolute Gasteiger partial charge is 0.0487 e. The van der Waals surface area contributed by atoms with Gasteiger partial charge in [-0.15, -0.1) is 5.73 Å². The standard InChI is InChI=1S/C10H9N/c1-2-6-10(7-3-1)11-8-4-5-9-11/h1-4,6-7,9H,8H2. The maximum atomic E-state index is 3.05. The number of hydrogen-bond acceptors (Lipinski definition) is 1. The Hall–Kier alpha value is -1.46. The van der Waals surface area contributed by atoms with Crippen LogP contribution in [0, 0.1) is 0 Å². The number of nitrogens with zero attached hydrogens (tertiary/aromatic N) is 1. The average molecular weight is 143 g/mol. The monoisotopic (exact) mass is 143 g/mol. The van der Waals surface area contributed by atoms with Crippen LogP contribution in [-0.4, -0.2) is 6.54 Å². The maximum Gasteiger partial charge on any atom is 0.0487 e. The SMILES string of the molecule is C1=CCN(c2ccccc2)C=1. The lowest BCUT2D eigenvalue weighted by Crippen LogP contribution is -2.11. The zero-order chi connectivity index (χ0) is 7.52. The van der Waals surface area contributed by atoms with Gasteiger partial charge in [0, 0.05) is 18.4 Å². The van der Waals surface area contributed by atoms with Gasteiger partial charge in [-0.1, -0.05) is 18.2 Å². The van der Waals surface area contributed by atoms with E-state index in [1.54, 1.807) is 0 Å². The van der Waals surface area contributed by atoms with Crippen molar-refractivity contribution in [2.24, 2.45) is 0 Å². The highest BCUT2D eigenvalue weighted by molar-refractivity contribution is 5.50. The predicted octanol–water partition coefficient (Wildman–Crippen LogP) is 2.18.